The van der Waals surface area contributed by atoms with Crippen LogP contribution in [0, 0.1) is 6.92 Å². The predicted octanol–water partition coefficient (Wildman–Crippen LogP) is 5.11. The normalized spacial score (nSPS) is 10.7. The minimum absolute atomic E-state index is 0.340. The summed E-state index contributed by atoms with van der Waals surface area (Å²) in [5, 5.41) is 7.27. The van der Waals surface area contributed by atoms with Gasteiger partial charge in [-0.25, -0.2) is 5.43 Å². The molecule has 3 aromatic rings. The first-order chi connectivity index (χ1) is 16.4. The van der Waals surface area contributed by atoms with Crippen LogP contribution >= 0.6 is 11.6 Å². The molecule has 176 valence electrons. The minimum atomic E-state index is -0.520. The summed E-state index contributed by atoms with van der Waals surface area (Å²) in [5.41, 5.74) is 5.76. The average molecular weight is 480 g/mol. The molecule has 0 aromatic heterocycles. The van der Waals surface area contributed by atoms with E-state index in [1.54, 1.807) is 30.3 Å². The van der Waals surface area contributed by atoms with Gasteiger partial charge in [0.2, 0.25) is 11.8 Å². The van der Waals surface area contributed by atoms with Gasteiger partial charge < -0.3 is 14.8 Å². The molecule has 0 spiro atoms. The molecule has 3 rings (SSSR count). The fraction of sp³-hybridized carbons (Fsp3) is 0.192. The summed E-state index contributed by atoms with van der Waals surface area (Å²) in [7, 11) is 0. The second kappa shape index (κ2) is 12.4. The van der Waals surface area contributed by atoms with Crippen LogP contribution in [-0.2, 0) is 16.2 Å². The number of anilines is 1. The summed E-state index contributed by atoms with van der Waals surface area (Å²) in [6, 6.07) is 20.1. The fourth-order valence-corrected chi connectivity index (χ4v) is 3.07. The van der Waals surface area contributed by atoms with Crippen molar-refractivity contribution >= 4 is 35.3 Å². The Balaban J connectivity index is 1.53. The Kier molecular flexibility index (Phi) is 9.05. The Morgan fingerprint density at radius 3 is 2.38 bits per heavy atom. The Labute approximate surface area is 203 Å². The lowest BCUT2D eigenvalue weighted by molar-refractivity contribution is -0.126. The Bertz CT molecular complexity index is 1150. The zero-order valence-corrected chi connectivity index (χ0v) is 19.8. The number of rotatable bonds is 10. The standard InChI is InChI=1S/C26H26ClN3O4/c1-3-33-24-14-20(8-13-23(24)34-17-19-6-9-21(27)10-7-19)16-28-30-26(32)15-25(31)29-22-11-4-18(2)5-12-22/h4-14,16H,3,15,17H2,1-2H3,(H,29,31)(H,30,32). The van der Waals surface area contributed by atoms with Crippen LogP contribution in [0.25, 0.3) is 0 Å². The molecule has 3 aromatic carbocycles. The van der Waals surface area contributed by atoms with Crippen molar-refractivity contribution in [3.8, 4) is 11.5 Å². The largest absolute Gasteiger partial charge is 0.490 e. The van der Waals surface area contributed by atoms with E-state index in [1.807, 2.05) is 50.2 Å². The zero-order chi connectivity index (χ0) is 24.3. The van der Waals surface area contributed by atoms with Gasteiger partial charge in [-0.3, -0.25) is 9.59 Å². The van der Waals surface area contributed by atoms with Crippen molar-refractivity contribution in [1.29, 1.82) is 0 Å². The van der Waals surface area contributed by atoms with Gasteiger partial charge in [0.05, 0.1) is 12.8 Å². The Hall–Kier alpha value is -3.84. The molecular weight excluding hydrogens is 454 g/mol. The quantitative estimate of drug-likeness (QED) is 0.240. The molecule has 0 saturated carbocycles. The van der Waals surface area contributed by atoms with E-state index in [-0.39, 0.29) is 6.42 Å². The summed E-state index contributed by atoms with van der Waals surface area (Å²) in [6.07, 6.45) is 1.13. The second-order valence-electron chi connectivity index (χ2n) is 7.44. The van der Waals surface area contributed by atoms with Crippen molar-refractivity contribution in [3.63, 3.8) is 0 Å². The first-order valence-electron chi connectivity index (χ1n) is 10.8. The number of hydrogen-bond donors (Lipinski definition) is 2. The lowest BCUT2D eigenvalue weighted by Gasteiger charge is -2.12. The summed E-state index contributed by atoms with van der Waals surface area (Å²) < 4.78 is 11.6. The Morgan fingerprint density at radius 1 is 0.941 bits per heavy atom. The van der Waals surface area contributed by atoms with Crippen LogP contribution in [0.4, 0.5) is 5.69 Å². The summed E-state index contributed by atoms with van der Waals surface area (Å²) in [5.74, 6) is 0.209. The molecule has 0 aliphatic rings. The SMILES string of the molecule is CCOc1cc(C=NNC(=O)CC(=O)Nc2ccc(C)cc2)ccc1OCc1ccc(Cl)cc1. The highest BCUT2D eigenvalue weighted by atomic mass is 35.5. The van der Waals surface area contributed by atoms with E-state index in [1.165, 1.54) is 6.21 Å². The topological polar surface area (TPSA) is 89.0 Å². The van der Waals surface area contributed by atoms with Crippen molar-refractivity contribution in [2.75, 3.05) is 11.9 Å². The van der Waals surface area contributed by atoms with E-state index >= 15 is 0 Å². The van der Waals surface area contributed by atoms with Crippen LogP contribution in [0.1, 0.15) is 30.0 Å². The van der Waals surface area contributed by atoms with Gasteiger partial charge in [0.25, 0.3) is 0 Å². The molecule has 0 aliphatic carbocycles. The molecule has 0 saturated heterocycles. The first-order valence-corrected chi connectivity index (χ1v) is 11.1. The monoisotopic (exact) mass is 479 g/mol. The van der Waals surface area contributed by atoms with Crippen LogP contribution in [-0.4, -0.2) is 24.6 Å². The van der Waals surface area contributed by atoms with Gasteiger partial charge in [-0.05, 0) is 67.4 Å². The number of hydrazone groups is 1. The van der Waals surface area contributed by atoms with Crippen molar-refractivity contribution in [3.05, 3.63) is 88.4 Å². The highest BCUT2D eigenvalue weighted by molar-refractivity contribution is 6.30. The third-order valence-corrected chi connectivity index (χ3v) is 4.89. The number of hydrogen-bond acceptors (Lipinski definition) is 5. The number of halogens is 1. The first kappa shape index (κ1) is 24.8. The Morgan fingerprint density at radius 2 is 1.68 bits per heavy atom. The molecule has 0 radical (unpaired) electrons. The number of nitrogens with zero attached hydrogens (tertiary/aromatic N) is 1. The molecule has 0 aliphatic heterocycles. The van der Waals surface area contributed by atoms with E-state index in [0.717, 1.165) is 11.1 Å². The summed E-state index contributed by atoms with van der Waals surface area (Å²) >= 11 is 5.92. The van der Waals surface area contributed by atoms with Crippen LogP contribution in [0.5, 0.6) is 11.5 Å². The smallest absolute Gasteiger partial charge is 0.249 e. The van der Waals surface area contributed by atoms with Gasteiger partial charge in [-0.1, -0.05) is 41.4 Å². The highest BCUT2D eigenvalue weighted by Gasteiger charge is 2.10. The molecule has 8 heteroatoms. The maximum absolute atomic E-state index is 12.0. The van der Waals surface area contributed by atoms with E-state index in [2.05, 4.69) is 15.8 Å². The van der Waals surface area contributed by atoms with Crippen LogP contribution in [0.15, 0.2) is 71.8 Å². The van der Waals surface area contributed by atoms with Gasteiger partial charge in [0, 0.05) is 10.7 Å². The molecular formula is C26H26ClN3O4. The van der Waals surface area contributed by atoms with Gasteiger partial charge in [-0.2, -0.15) is 5.10 Å². The van der Waals surface area contributed by atoms with Crippen molar-refractivity contribution in [2.45, 2.75) is 26.9 Å². The third kappa shape index (κ3) is 7.94. The molecule has 0 bridgehead atoms. The molecule has 34 heavy (non-hydrogen) atoms. The van der Waals surface area contributed by atoms with E-state index < -0.39 is 11.8 Å². The van der Waals surface area contributed by atoms with E-state index in [9.17, 15) is 9.59 Å². The maximum Gasteiger partial charge on any atom is 0.249 e. The molecule has 2 amide bonds. The molecule has 2 N–H and O–H groups in total. The van der Waals surface area contributed by atoms with Crippen molar-refractivity contribution < 1.29 is 19.1 Å². The van der Waals surface area contributed by atoms with Gasteiger partial charge >= 0.3 is 0 Å². The lowest BCUT2D eigenvalue weighted by atomic mass is 10.2. The number of nitrogens with one attached hydrogen (secondary N) is 2. The van der Waals surface area contributed by atoms with Crippen molar-refractivity contribution in [1.82, 2.24) is 5.43 Å². The summed E-state index contributed by atoms with van der Waals surface area (Å²) in [6.45, 7) is 4.66. The highest BCUT2D eigenvalue weighted by Crippen LogP contribution is 2.29. The van der Waals surface area contributed by atoms with Gasteiger partial charge in [0.1, 0.15) is 13.0 Å². The molecule has 0 fully saturated rings. The van der Waals surface area contributed by atoms with E-state index in [4.69, 9.17) is 21.1 Å². The zero-order valence-electron chi connectivity index (χ0n) is 19.0. The molecule has 7 nitrogen and oxygen atoms in total. The number of benzene rings is 3. The van der Waals surface area contributed by atoms with Crippen molar-refractivity contribution in [2.24, 2.45) is 5.10 Å². The number of ether oxygens (including phenoxy) is 2. The van der Waals surface area contributed by atoms with Crippen LogP contribution < -0.4 is 20.2 Å². The number of carbonyl (C=O) groups is 2. The molecule has 0 unspecified atom stereocenters. The number of amides is 2. The van der Waals surface area contributed by atoms with Crippen LogP contribution in [0.3, 0.4) is 0 Å². The number of carbonyl (C=O) groups excluding carboxylic acids is 2. The summed E-state index contributed by atoms with van der Waals surface area (Å²) in [4.78, 5) is 24.0. The predicted molar refractivity (Wildman–Crippen MR) is 134 cm³/mol. The third-order valence-electron chi connectivity index (χ3n) is 4.63. The second-order valence-corrected chi connectivity index (χ2v) is 7.87. The molecule has 0 atom stereocenters. The average Bonchev–Trinajstić information content (AvgIpc) is 2.81. The minimum Gasteiger partial charge on any atom is -0.490 e. The van der Waals surface area contributed by atoms with Gasteiger partial charge in [0.15, 0.2) is 11.5 Å². The maximum atomic E-state index is 12.0. The lowest BCUT2D eigenvalue weighted by Crippen LogP contribution is -2.24. The van der Waals surface area contributed by atoms with Gasteiger partial charge in [-0.15, -0.1) is 0 Å². The number of aryl methyl sites for hydroxylation is 1. The van der Waals surface area contributed by atoms with E-state index in [0.29, 0.717) is 41.0 Å². The molecule has 0 heterocycles. The van der Waals surface area contributed by atoms with Crippen LogP contribution in [0.2, 0.25) is 5.02 Å². The fourth-order valence-electron chi connectivity index (χ4n) is 2.94.